The zero-order valence-corrected chi connectivity index (χ0v) is 46.9. The Morgan fingerprint density at radius 1 is 0.293 bits per heavy atom. The van der Waals surface area contributed by atoms with Crippen LogP contribution in [0.4, 0.5) is 0 Å². The van der Waals surface area contributed by atoms with Gasteiger partial charge >= 0.3 is 0 Å². The van der Waals surface area contributed by atoms with Crippen molar-refractivity contribution in [1.29, 1.82) is 0 Å². The van der Waals surface area contributed by atoms with Crippen molar-refractivity contribution in [2.45, 2.75) is 33.5 Å². The Kier molecular flexibility index (Phi) is 10.4. The lowest BCUT2D eigenvalue weighted by atomic mass is 9.95. The number of benzene rings is 11. The fourth-order valence-corrected chi connectivity index (χ4v) is 14.9. The fourth-order valence-electron chi connectivity index (χ4n) is 13.8. The second-order valence-corrected chi connectivity index (χ2v) is 22.8. The second kappa shape index (κ2) is 18.1. The van der Waals surface area contributed by atoms with E-state index in [1.807, 2.05) is 0 Å². The summed E-state index contributed by atoms with van der Waals surface area (Å²) in [7, 11) is 2.14. The number of hydrogen-bond donors (Lipinski definition) is 0. The summed E-state index contributed by atoms with van der Waals surface area (Å²) in [6.07, 6.45) is 0. The van der Waals surface area contributed by atoms with Crippen LogP contribution in [-0.4, -0.2) is 35.8 Å². The molecule has 17 rings (SSSR count). The van der Waals surface area contributed by atoms with Gasteiger partial charge in [0.15, 0.2) is 0 Å². The standard InChI is InChI=1S/C72H50N8S2/c1-4-78-63-19-10-7-16-54(63)57-38-46(23-32-65(57)78)50-27-28-51(71-70(50)74-82-75-71)47-25-34-68-58(39-47)55-17-8-11-20-64(55)80(68)41-42-13-12-14-43(35-42)44-21-31-66-59(36-44)60-40-48(24-33-67(60)79(66)5-2)52-29-26-49(69-72(52)76-81-73-69)45-22-30-62-56(37-45)53-15-6-9-18-61(53)77(62)3/h6-40H,4-5,41H2,1-3H3. The van der Waals surface area contributed by atoms with E-state index in [2.05, 4.69) is 251 Å². The third-order valence-corrected chi connectivity index (χ3v) is 18.7. The Morgan fingerprint density at radius 3 is 1.10 bits per heavy atom. The minimum absolute atomic E-state index is 0.727. The molecule has 82 heavy (non-hydrogen) atoms. The summed E-state index contributed by atoms with van der Waals surface area (Å²) in [5.41, 5.74) is 26.1. The zero-order chi connectivity index (χ0) is 54.3. The van der Waals surface area contributed by atoms with Crippen LogP contribution < -0.4 is 0 Å². The minimum atomic E-state index is 0.727. The minimum Gasteiger partial charge on any atom is -0.344 e. The molecule has 0 aliphatic carbocycles. The van der Waals surface area contributed by atoms with Crippen molar-refractivity contribution < 1.29 is 0 Å². The van der Waals surface area contributed by atoms with Crippen molar-refractivity contribution in [3.05, 3.63) is 218 Å². The van der Waals surface area contributed by atoms with E-state index in [-0.39, 0.29) is 0 Å². The number of fused-ring (bicyclic) bond motifs is 14. The van der Waals surface area contributed by atoms with Crippen molar-refractivity contribution >= 4 is 133 Å². The van der Waals surface area contributed by atoms with Gasteiger partial charge in [0.1, 0.15) is 22.1 Å². The van der Waals surface area contributed by atoms with Gasteiger partial charge in [-0.1, -0.05) is 127 Å². The van der Waals surface area contributed by atoms with Gasteiger partial charge < -0.3 is 18.3 Å². The molecule has 8 nitrogen and oxygen atoms in total. The summed E-state index contributed by atoms with van der Waals surface area (Å²) in [4.78, 5) is 0. The van der Waals surface area contributed by atoms with Crippen LogP contribution in [0, 0.1) is 0 Å². The first-order valence-electron chi connectivity index (χ1n) is 28.1. The van der Waals surface area contributed by atoms with Gasteiger partial charge in [-0.2, -0.15) is 17.5 Å². The lowest BCUT2D eigenvalue weighted by molar-refractivity contribution is 0.827. The largest absolute Gasteiger partial charge is 0.344 e. The smallest absolute Gasteiger partial charge is 0.113 e. The molecule has 6 aromatic heterocycles. The predicted molar refractivity (Wildman–Crippen MR) is 345 cm³/mol. The molecule has 0 fully saturated rings. The van der Waals surface area contributed by atoms with Crippen LogP contribution in [0.5, 0.6) is 0 Å². The highest BCUT2D eigenvalue weighted by atomic mass is 32.1. The average Bonchev–Trinajstić information content (AvgIpc) is 4.32. The maximum atomic E-state index is 4.95. The Bertz CT molecular complexity index is 5510. The molecule has 0 amide bonds. The second-order valence-electron chi connectivity index (χ2n) is 21.8. The molecule has 11 aromatic carbocycles. The number of hydrogen-bond acceptors (Lipinski definition) is 6. The van der Waals surface area contributed by atoms with Crippen molar-refractivity contribution in [1.82, 2.24) is 35.8 Å². The molecule has 0 atom stereocenters. The third kappa shape index (κ3) is 6.95. The number of para-hydroxylation sites is 3. The van der Waals surface area contributed by atoms with E-state index in [9.17, 15) is 0 Å². The van der Waals surface area contributed by atoms with Gasteiger partial charge in [-0.3, -0.25) is 0 Å². The summed E-state index contributed by atoms with van der Waals surface area (Å²) >= 11 is 2.57. The number of rotatable bonds is 9. The molecule has 0 saturated heterocycles. The molecule has 0 N–H and O–H groups in total. The van der Waals surface area contributed by atoms with Crippen molar-refractivity contribution in [2.24, 2.45) is 7.05 Å². The summed E-state index contributed by atoms with van der Waals surface area (Å²) in [5, 5.41) is 9.97. The van der Waals surface area contributed by atoms with Crippen LogP contribution in [0.3, 0.4) is 0 Å². The SMILES string of the molecule is CCn1c2ccccc2c2cc(-c3ccc(-c4ccc5c(c4)c4ccccc4n5Cc4cccc(-c5ccc6c(c5)c5cc(-c7ccc(-c8ccc9c(c8)c8ccccc8n9C)c8nsnc78)ccc5n6CC)c4)c4nsnc34)ccc21. The molecule has 0 aliphatic rings. The lowest BCUT2D eigenvalue weighted by Crippen LogP contribution is -1.99. The zero-order valence-electron chi connectivity index (χ0n) is 45.2. The van der Waals surface area contributed by atoms with E-state index in [0.717, 1.165) is 86.2 Å². The number of aromatic nitrogens is 8. The monoisotopic (exact) mass is 1090 g/mol. The predicted octanol–water partition coefficient (Wildman–Crippen LogP) is 19.1. The molecule has 10 heteroatoms. The molecule has 0 spiro atoms. The Balaban J connectivity index is 0.705. The Hall–Kier alpha value is -9.74. The fraction of sp³-hybridized carbons (Fsp3) is 0.0833. The first-order valence-corrected chi connectivity index (χ1v) is 29.6. The molecule has 0 aliphatic heterocycles. The highest BCUT2D eigenvalue weighted by molar-refractivity contribution is 7.00. The topological polar surface area (TPSA) is 71.3 Å². The quantitative estimate of drug-likeness (QED) is 0.144. The normalized spacial score (nSPS) is 12.2. The molecule has 0 bridgehead atoms. The number of aryl methyl sites for hydroxylation is 3. The molecule has 0 unspecified atom stereocenters. The van der Waals surface area contributed by atoms with Crippen LogP contribution >= 0.6 is 23.5 Å². The molecule has 17 aromatic rings. The molecular weight excluding hydrogens is 1040 g/mol. The Morgan fingerprint density at radius 2 is 0.622 bits per heavy atom. The summed E-state index contributed by atoms with van der Waals surface area (Å²) in [6, 6.07) is 78.7. The maximum absolute atomic E-state index is 4.95. The summed E-state index contributed by atoms with van der Waals surface area (Å²) < 4.78 is 29.4. The lowest BCUT2D eigenvalue weighted by Gasteiger charge is -2.11. The highest BCUT2D eigenvalue weighted by Crippen LogP contribution is 2.43. The van der Waals surface area contributed by atoms with Gasteiger partial charge in [0, 0.05) is 136 Å². The highest BCUT2D eigenvalue weighted by Gasteiger charge is 2.21. The van der Waals surface area contributed by atoms with Crippen LogP contribution in [0.2, 0.25) is 0 Å². The molecule has 390 valence electrons. The molecular formula is C72H50N8S2. The van der Waals surface area contributed by atoms with Gasteiger partial charge in [-0.25, -0.2) is 0 Å². The summed E-state index contributed by atoms with van der Waals surface area (Å²) in [5.74, 6) is 0. The van der Waals surface area contributed by atoms with Crippen LogP contribution in [0.25, 0.3) is 165 Å². The van der Waals surface area contributed by atoms with E-state index < -0.39 is 0 Å². The van der Waals surface area contributed by atoms with Crippen LogP contribution in [-0.2, 0) is 26.7 Å². The number of nitrogens with zero attached hydrogens (tertiary/aromatic N) is 8. The van der Waals surface area contributed by atoms with Gasteiger partial charge in [-0.15, -0.1) is 0 Å². The van der Waals surface area contributed by atoms with Gasteiger partial charge in [0.2, 0.25) is 0 Å². The Labute approximate surface area is 479 Å². The average molecular weight is 1090 g/mol. The molecule has 6 heterocycles. The van der Waals surface area contributed by atoms with E-state index >= 15 is 0 Å². The van der Waals surface area contributed by atoms with E-state index in [1.54, 1.807) is 0 Å². The first-order chi connectivity index (χ1) is 40.5. The van der Waals surface area contributed by atoms with Gasteiger partial charge in [0.25, 0.3) is 0 Å². The van der Waals surface area contributed by atoms with Crippen molar-refractivity contribution in [3.63, 3.8) is 0 Å². The van der Waals surface area contributed by atoms with Crippen LogP contribution in [0.1, 0.15) is 19.4 Å². The van der Waals surface area contributed by atoms with Crippen molar-refractivity contribution in [3.8, 4) is 55.6 Å². The van der Waals surface area contributed by atoms with E-state index in [1.165, 1.54) is 127 Å². The summed E-state index contributed by atoms with van der Waals surface area (Å²) in [6.45, 7) is 6.97. The van der Waals surface area contributed by atoms with Gasteiger partial charge in [0.05, 0.1) is 23.5 Å². The molecule has 0 saturated carbocycles. The third-order valence-electron chi connectivity index (χ3n) is 17.6. The van der Waals surface area contributed by atoms with E-state index in [0.29, 0.717) is 0 Å². The van der Waals surface area contributed by atoms with Gasteiger partial charge in [-0.05, 0) is 138 Å². The van der Waals surface area contributed by atoms with Crippen molar-refractivity contribution in [2.75, 3.05) is 0 Å². The van der Waals surface area contributed by atoms with Crippen LogP contribution in [0.15, 0.2) is 212 Å². The maximum Gasteiger partial charge on any atom is 0.113 e. The first kappa shape index (κ1) is 47.1. The molecule has 0 radical (unpaired) electrons. The van der Waals surface area contributed by atoms with E-state index in [4.69, 9.17) is 17.5 Å².